The quantitative estimate of drug-likeness (QED) is 0.490. The van der Waals surface area contributed by atoms with Crippen molar-refractivity contribution in [3.05, 3.63) is 66.1 Å². The van der Waals surface area contributed by atoms with Crippen LogP contribution in [0.15, 0.2) is 59.2 Å². The maximum atomic E-state index is 13.5. The van der Waals surface area contributed by atoms with Crippen molar-refractivity contribution in [1.29, 1.82) is 0 Å². The summed E-state index contributed by atoms with van der Waals surface area (Å²) in [6.07, 6.45) is -2.32. The van der Waals surface area contributed by atoms with Crippen molar-refractivity contribution in [2.45, 2.75) is 49.9 Å². The van der Waals surface area contributed by atoms with Crippen LogP contribution in [0.1, 0.15) is 43.0 Å². The highest BCUT2D eigenvalue weighted by atomic mass is 19.4. The lowest BCUT2D eigenvalue weighted by Gasteiger charge is -2.30. The van der Waals surface area contributed by atoms with Gasteiger partial charge in [0.05, 0.1) is 13.4 Å². The Morgan fingerprint density at radius 2 is 1.94 bits per heavy atom. The largest absolute Gasteiger partial charge is 0.496 e. The van der Waals surface area contributed by atoms with E-state index in [1.54, 1.807) is 7.11 Å². The maximum absolute atomic E-state index is 13.5. The fraction of sp³-hybridized carbons (Fsp3) is 0.360. The van der Waals surface area contributed by atoms with E-state index >= 15 is 0 Å². The minimum Gasteiger partial charge on any atom is -0.496 e. The van der Waals surface area contributed by atoms with Crippen LogP contribution in [0.5, 0.6) is 5.75 Å². The molecule has 0 aliphatic carbocycles. The van der Waals surface area contributed by atoms with Gasteiger partial charge in [-0.05, 0) is 48.4 Å². The van der Waals surface area contributed by atoms with Crippen molar-refractivity contribution in [3.8, 4) is 5.75 Å². The summed E-state index contributed by atoms with van der Waals surface area (Å²) in [5, 5.41) is 6.90. The highest BCUT2D eigenvalue weighted by Gasteiger charge is 2.44. The number of hydrogen-bond donors (Lipinski definition) is 2. The molecule has 6 nitrogen and oxygen atoms in total. The van der Waals surface area contributed by atoms with Gasteiger partial charge >= 0.3 is 6.18 Å². The predicted molar refractivity (Wildman–Crippen MR) is 119 cm³/mol. The van der Waals surface area contributed by atoms with Gasteiger partial charge in [-0.15, -0.1) is 0 Å². The summed E-state index contributed by atoms with van der Waals surface area (Å²) in [6, 6.07) is 11.8. The predicted octanol–water partition coefficient (Wildman–Crippen LogP) is 4.83. The number of carbonyl (C=O) groups excluding carboxylic acids is 2. The molecule has 1 saturated heterocycles. The first-order valence-corrected chi connectivity index (χ1v) is 11.0. The zero-order chi connectivity index (χ0) is 24.3. The Bertz CT molecular complexity index is 1180. The molecule has 4 rings (SSSR count). The minimum absolute atomic E-state index is 0.137. The number of rotatable bonds is 8. The lowest BCUT2D eigenvalue weighted by Crippen LogP contribution is -2.45. The first-order valence-electron chi connectivity index (χ1n) is 11.0. The van der Waals surface area contributed by atoms with E-state index in [9.17, 15) is 22.8 Å². The zero-order valence-electron chi connectivity index (χ0n) is 18.6. The van der Waals surface area contributed by atoms with Gasteiger partial charge < -0.3 is 19.8 Å². The molecule has 2 N–H and O–H groups in total. The van der Waals surface area contributed by atoms with Crippen LogP contribution in [0.3, 0.4) is 0 Å². The van der Waals surface area contributed by atoms with Crippen molar-refractivity contribution in [2.24, 2.45) is 0 Å². The molecule has 1 aliphatic rings. The van der Waals surface area contributed by atoms with Crippen LogP contribution in [0.4, 0.5) is 13.2 Å². The van der Waals surface area contributed by atoms with Gasteiger partial charge in [-0.1, -0.05) is 30.3 Å². The molecule has 34 heavy (non-hydrogen) atoms. The maximum Gasteiger partial charge on any atom is 0.415 e. The van der Waals surface area contributed by atoms with Crippen molar-refractivity contribution in [2.75, 3.05) is 7.11 Å². The second-order valence-electron chi connectivity index (χ2n) is 8.54. The number of furan rings is 1. The van der Waals surface area contributed by atoms with E-state index in [4.69, 9.17) is 9.15 Å². The lowest BCUT2D eigenvalue weighted by atomic mass is 9.83. The van der Waals surface area contributed by atoms with Crippen LogP contribution in [0.2, 0.25) is 0 Å². The third-order valence-electron chi connectivity index (χ3n) is 6.25. The van der Waals surface area contributed by atoms with Crippen LogP contribution < -0.4 is 15.4 Å². The number of halogens is 3. The standard InChI is InChI=1S/C25H25F3N2O4/c1-33-19-9-8-16(17-5-2-3-6-18(17)19)15-24(13-11-22(32)30-24)12-10-21(31)29-23(25(26,27)28)20-7-4-14-34-20/h2-9,14,23H,10-13,15H2,1H3,(H,29,31)(H,30,32)/t23-,24-/m0/s1. The fourth-order valence-electron chi connectivity index (χ4n) is 4.57. The molecule has 2 amide bonds. The van der Waals surface area contributed by atoms with Gasteiger partial charge in [0.2, 0.25) is 11.8 Å². The van der Waals surface area contributed by atoms with Crippen molar-refractivity contribution in [1.82, 2.24) is 10.6 Å². The number of ether oxygens (including phenoxy) is 1. The van der Waals surface area contributed by atoms with Crippen LogP contribution in [0, 0.1) is 0 Å². The van der Waals surface area contributed by atoms with Crippen molar-refractivity contribution in [3.63, 3.8) is 0 Å². The van der Waals surface area contributed by atoms with Crippen LogP contribution in [-0.2, 0) is 16.0 Å². The lowest BCUT2D eigenvalue weighted by molar-refractivity contribution is -0.166. The number of hydrogen-bond acceptors (Lipinski definition) is 4. The van der Waals surface area contributed by atoms with Gasteiger partial charge in [0.1, 0.15) is 11.5 Å². The summed E-state index contributed by atoms with van der Waals surface area (Å²) in [4.78, 5) is 24.7. The van der Waals surface area contributed by atoms with Gasteiger partial charge in [-0.2, -0.15) is 13.2 Å². The highest BCUT2D eigenvalue weighted by Crippen LogP contribution is 2.36. The third-order valence-corrected chi connectivity index (χ3v) is 6.25. The fourth-order valence-corrected chi connectivity index (χ4v) is 4.57. The molecule has 1 fully saturated rings. The summed E-state index contributed by atoms with van der Waals surface area (Å²) in [5.41, 5.74) is 0.229. The highest BCUT2D eigenvalue weighted by molar-refractivity contribution is 5.91. The summed E-state index contributed by atoms with van der Waals surface area (Å²) in [6.45, 7) is 0. The van der Waals surface area contributed by atoms with Gasteiger partial charge in [0, 0.05) is 23.8 Å². The van der Waals surface area contributed by atoms with E-state index in [0.717, 1.165) is 28.3 Å². The van der Waals surface area contributed by atoms with E-state index in [1.807, 2.05) is 41.7 Å². The number of methoxy groups -OCH3 is 1. The zero-order valence-corrected chi connectivity index (χ0v) is 18.6. The van der Waals surface area contributed by atoms with E-state index < -0.39 is 23.7 Å². The number of fused-ring (bicyclic) bond motifs is 1. The third kappa shape index (κ3) is 5.03. The van der Waals surface area contributed by atoms with Crippen molar-refractivity contribution < 1.29 is 31.9 Å². The number of nitrogens with one attached hydrogen (secondary N) is 2. The molecular weight excluding hydrogens is 449 g/mol. The number of benzene rings is 2. The van der Waals surface area contributed by atoms with Gasteiger partial charge in [0.25, 0.3) is 0 Å². The Hall–Kier alpha value is -3.49. The minimum atomic E-state index is -4.70. The Kier molecular flexibility index (Phi) is 6.54. The normalized spacial score (nSPS) is 19.1. The first-order chi connectivity index (χ1) is 16.2. The Morgan fingerprint density at radius 3 is 2.56 bits per heavy atom. The molecule has 0 spiro atoms. The van der Waals surface area contributed by atoms with E-state index in [0.29, 0.717) is 19.3 Å². The smallest absolute Gasteiger partial charge is 0.415 e. The monoisotopic (exact) mass is 474 g/mol. The second-order valence-corrected chi connectivity index (χ2v) is 8.54. The molecule has 0 saturated carbocycles. The number of amides is 2. The summed E-state index contributed by atoms with van der Waals surface area (Å²) < 4.78 is 50.7. The van der Waals surface area contributed by atoms with Gasteiger partial charge in [-0.25, -0.2) is 0 Å². The van der Waals surface area contributed by atoms with Crippen LogP contribution >= 0.6 is 0 Å². The summed E-state index contributed by atoms with van der Waals surface area (Å²) >= 11 is 0. The summed E-state index contributed by atoms with van der Waals surface area (Å²) in [5.74, 6) is -0.561. The molecule has 0 unspecified atom stereocenters. The average molecular weight is 474 g/mol. The van der Waals surface area contributed by atoms with Gasteiger partial charge in [-0.3, -0.25) is 9.59 Å². The summed E-state index contributed by atoms with van der Waals surface area (Å²) in [7, 11) is 1.59. The SMILES string of the molecule is COc1ccc(C[C@]2(CCC(=O)N[C@@H](c3ccco3)C(F)(F)F)CCC(=O)N2)c2ccccc12. The molecule has 1 aromatic heterocycles. The molecule has 2 atom stereocenters. The van der Waals surface area contributed by atoms with Crippen LogP contribution in [0.25, 0.3) is 10.8 Å². The molecule has 0 radical (unpaired) electrons. The molecule has 1 aliphatic heterocycles. The number of alkyl halides is 3. The van der Waals surface area contributed by atoms with E-state index in [-0.39, 0.29) is 24.5 Å². The molecule has 2 heterocycles. The Balaban J connectivity index is 1.52. The molecule has 0 bridgehead atoms. The van der Waals surface area contributed by atoms with Crippen LogP contribution in [-0.4, -0.2) is 30.6 Å². The van der Waals surface area contributed by atoms with E-state index in [2.05, 4.69) is 5.32 Å². The Morgan fingerprint density at radius 1 is 1.18 bits per heavy atom. The first kappa shape index (κ1) is 23.7. The number of carbonyl (C=O) groups is 2. The second kappa shape index (κ2) is 9.40. The average Bonchev–Trinajstić information content (AvgIpc) is 3.46. The van der Waals surface area contributed by atoms with Crippen molar-refractivity contribution >= 4 is 22.6 Å². The topological polar surface area (TPSA) is 80.6 Å². The van der Waals surface area contributed by atoms with Gasteiger partial charge in [0.15, 0.2) is 6.04 Å². The molecular formula is C25H25F3N2O4. The molecule has 180 valence electrons. The molecule has 3 aromatic rings. The van der Waals surface area contributed by atoms with E-state index in [1.165, 1.54) is 12.1 Å². The molecule has 2 aromatic carbocycles. The Labute approximate surface area is 194 Å². The molecule has 9 heteroatoms.